The van der Waals surface area contributed by atoms with Gasteiger partial charge in [0.1, 0.15) is 0 Å². The molecule has 1 aliphatic rings. The lowest BCUT2D eigenvalue weighted by molar-refractivity contribution is -0.131. The summed E-state index contributed by atoms with van der Waals surface area (Å²) in [7, 11) is 0. The summed E-state index contributed by atoms with van der Waals surface area (Å²) in [4.78, 5) is 26.9. The van der Waals surface area contributed by atoms with Crippen molar-refractivity contribution in [2.24, 2.45) is 0 Å². The molecule has 0 radical (unpaired) electrons. The van der Waals surface area contributed by atoms with Gasteiger partial charge in [0.05, 0.1) is 17.5 Å². The third kappa shape index (κ3) is 5.21. The number of carbonyl (C=O) groups excluding carboxylic acids is 2. The lowest BCUT2D eigenvalue weighted by atomic mass is 10.0. The fourth-order valence-electron chi connectivity index (χ4n) is 3.30. The zero-order chi connectivity index (χ0) is 19.1. The smallest absolute Gasteiger partial charge is 0.233 e. The summed E-state index contributed by atoms with van der Waals surface area (Å²) in [6.07, 6.45) is 1.01. The Morgan fingerprint density at radius 1 is 1.07 bits per heavy atom. The number of piperazine rings is 1. The molecule has 27 heavy (non-hydrogen) atoms. The van der Waals surface area contributed by atoms with Crippen molar-refractivity contribution in [1.29, 1.82) is 0 Å². The minimum Gasteiger partial charge on any atom is -0.332 e. The molecule has 1 atom stereocenters. The number of carbonyl (C=O) groups is 2. The SMILES string of the molecule is CCc1ccc(C2CNCCN2C(=O)CSCC(=O)c2ccccc2)cc1. The Kier molecular flexibility index (Phi) is 7.07. The molecule has 1 heterocycles. The molecule has 0 bridgehead atoms. The lowest BCUT2D eigenvalue weighted by Crippen LogP contribution is -2.49. The molecule has 3 rings (SSSR count). The summed E-state index contributed by atoms with van der Waals surface area (Å²) in [6, 6.07) is 17.8. The van der Waals surface area contributed by atoms with E-state index in [1.807, 2.05) is 35.2 Å². The molecule has 1 unspecified atom stereocenters. The van der Waals surface area contributed by atoms with E-state index >= 15 is 0 Å². The maximum atomic E-state index is 12.8. The molecule has 1 amide bonds. The highest BCUT2D eigenvalue weighted by molar-refractivity contribution is 8.00. The van der Waals surface area contributed by atoms with Crippen LogP contribution in [0.3, 0.4) is 0 Å². The third-order valence-corrected chi connectivity index (χ3v) is 5.81. The van der Waals surface area contributed by atoms with Crippen molar-refractivity contribution in [3.8, 4) is 0 Å². The van der Waals surface area contributed by atoms with Gasteiger partial charge in [0.25, 0.3) is 0 Å². The molecule has 0 spiro atoms. The van der Waals surface area contributed by atoms with Crippen molar-refractivity contribution >= 4 is 23.5 Å². The fourth-order valence-corrected chi connectivity index (χ4v) is 4.09. The number of benzene rings is 2. The first-order chi connectivity index (χ1) is 13.2. The molecule has 1 aliphatic heterocycles. The molecule has 2 aromatic rings. The van der Waals surface area contributed by atoms with Crippen molar-refractivity contribution < 1.29 is 9.59 Å². The zero-order valence-electron chi connectivity index (χ0n) is 15.7. The maximum Gasteiger partial charge on any atom is 0.233 e. The van der Waals surface area contributed by atoms with Gasteiger partial charge in [-0.3, -0.25) is 9.59 Å². The van der Waals surface area contributed by atoms with Crippen LogP contribution in [0.1, 0.15) is 34.5 Å². The Balaban J connectivity index is 1.57. The number of nitrogens with one attached hydrogen (secondary N) is 1. The molecule has 142 valence electrons. The largest absolute Gasteiger partial charge is 0.332 e. The Labute approximate surface area is 165 Å². The fraction of sp³-hybridized carbons (Fsp3) is 0.364. The number of amides is 1. The molecule has 1 saturated heterocycles. The number of Topliss-reactive ketones (excluding diaryl/α,β-unsaturated/α-hetero) is 1. The predicted molar refractivity (Wildman–Crippen MR) is 111 cm³/mol. The molecular formula is C22H26N2O2S. The van der Waals surface area contributed by atoms with Crippen LogP contribution in [0.5, 0.6) is 0 Å². The molecule has 5 heteroatoms. The first-order valence-electron chi connectivity index (χ1n) is 9.44. The first-order valence-corrected chi connectivity index (χ1v) is 10.6. The molecule has 0 aromatic heterocycles. The average molecular weight is 383 g/mol. The van der Waals surface area contributed by atoms with Gasteiger partial charge in [-0.25, -0.2) is 0 Å². The van der Waals surface area contributed by atoms with E-state index in [1.165, 1.54) is 17.3 Å². The molecule has 0 aliphatic carbocycles. The van der Waals surface area contributed by atoms with E-state index in [4.69, 9.17) is 0 Å². The first kappa shape index (κ1) is 19.6. The van der Waals surface area contributed by atoms with Gasteiger partial charge in [0.2, 0.25) is 5.91 Å². The number of rotatable bonds is 7. The summed E-state index contributed by atoms with van der Waals surface area (Å²) in [6.45, 7) is 4.42. The standard InChI is InChI=1S/C22H26N2O2S/c1-2-17-8-10-18(11-9-17)20-14-23-12-13-24(20)22(26)16-27-15-21(25)19-6-4-3-5-7-19/h3-11,20,23H,2,12-16H2,1H3. The highest BCUT2D eigenvalue weighted by atomic mass is 32.2. The van der Waals surface area contributed by atoms with Crippen molar-refractivity contribution in [2.45, 2.75) is 19.4 Å². The van der Waals surface area contributed by atoms with E-state index in [0.29, 0.717) is 23.6 Å². The van der Waals surface area contributed by atoms with Crippen LogP contribution in [0, 0.1) is 0 Å². The van der Waals surface area contributed by atoms with Gasteiger partial charge in [-0.2, -0.15) is 0 Å². The van der Waals surface area contributed by atoms with Crippen molar-refractivity contribution in [3.05, 3.63) is 71.3 Å². The molecule has 1 N–H and O–H groups in total. The Hall–Kier alpha value is -2.11. The Morgan fingerprint density at radius 3 is 2.52 bits per heavy atom. The zero-order valence-corrected chi connectivity index (χ0v) is 16.5. The molecule has 2 aromatic carbocycles. The van der Waals surface area contributed by atoms with Gasteiger partial charge in [-0.15, -0.1) is 11.8 Å². The van der Waals surface area contributed by atoms with Crippen molar-refractivity contribution in [1.82, 2.24) is 10.2 Å². The maximum absolute atomic E-state index is 12.8. The summed E-state index contributed by atoms with van der Waals surface area (Å²) in [5.74, 6) is 0.840. The topological polar surface area (TPSA) is 49.4 Å². The van der Waals surface area contributed by atoms with E-state index in [1.54, 1.807) is 0 Å². The number of thioether (sulfide) groups is 1. The van der Waals surface area contributed by atoms with Gasteiger partial charge in [-0.1, -0.05) is 61.5 Å². The van der Waals surface area contributed by atoms with Crippen LogP contribution >= 0.6 is 11.8 Å². The number of hydrogen-bond donors (Lipinski definition) is 1. The second kappa shape index (κ2) is 9.72. The summed E-state index contributed by atoms with van der Waals surface area (Å²) >= 11 is 1.40. The second-order valence-corrected chi connectivity index (χ2v) is 7.67. The van der Waals surface area contributed by atoms with E-state index < -0.39 is 0 Å². The van der Waals surface area contributed by atoms with Crippen LogP contribution in [0.2, 0.25) is 0 Å². The van der Waals surface area contributed by atoms with Crippen LogP contribution in [-0.4, -0.2) is 47.7 Å². The minimum absolute atomic E-state index is 0.0579. The van der Waals surface area contributed by atoms with E-state index in [2.05, 4.69) is 36.5 Å². The predicted octanol–water partition coefficient (Wildman–Crippen LogP) is 3.34. The van der Waals surface area contributed by atoms with Crippen molar-refractivity contribution in [3.63, 3.8) is 0 Å². The lowest BCUT2D eigenvalue weighted by Gasteiger charge is -2.36. The normalized spacial score (nSPS) is 16.9. The van der Waals surface area contributed by atoms with Crippen LogP contribution in [0.4, 0.5) is 0 Å². The third-order valence-electron chi connectivity index (χ3n) is 4.89. The molecule has 4 nitrogen and oxygen atoms in total. The summed E-state index contributed by atoms with van der Waals surface area (Å²) in [5, 5.41) is 3.39. The van der Waals surface area contributed by atoms with Crippen molar-refractivity contribution in [2.75, 3.05) is 31.1 Å². The summed E-state index contributed by atoms with van der Waals surface area (Å²) < 4.78 is 0. The highest BCUT2D eigenvalue weighted by Gasteiger charge is 2.27. The van der Waals surface area contributed by atoms with Crippen LogP contribution < -0.4 is 5.32 Å². The Morgan fingerprint density at radius 2 is 1.81 bits per heavy atom. The summed E-state index contributed by atoms with van der Waals surface area (Å²) in [5.41, 5.74) is 3.17. The number of aryl methyl sites for hydroxylation is 1. The van der Waals surface area contributed by atoms with Crippen LogP contribution in [0.25, 0.3) is 0 Å². The number of nitrogens with zero attached hydrogens (tertiary/aromatic N) is 1. The minimum atomic E-state index is 0.0579. The quantitative estimate of drug-likeness (QED) is 0.746. The number of ketones is 1. The van der Waals surface area contributed by atoms with E-state index in [-0.39, 0.29) is 17.7 Å². The number of hydrogen-bond acceptors (Lipinski definition) is 4. The van der Waals surface area contributed by atoms with Gasteiger partial charge in [0.15, 0.2) is 5.78 Å². The van der Waals surface area contributed by atoms with E-state index in [9.17, 15) is 9.59 Å². The molecular weight excluding hydrogens is 356 g/mol. The van der Waals surface area contributed by atoms with Gasteiger partial charge in [0, 0.05) is 25.2 Å². The Bertz CT molecular complexity index is 762. The van der Waals surface area contributed by atoms with Gasteiger partial charge >= 0.3 is 0 Å². The van der Waals surface area contributed by atoms with E-state index in [0.717, 1.165) is 25.1 Å². The van der Waals surface area contributed by atoms with Gasteiger partial charge < -0.3 is 10.2 Å². The molecule has 1 fully saturated rings. The second-order valence-electron chi connectivity index (χ2n) is 6.68. The van der Waals surface area contributed by atoms with Gasteiger partial charge in [-0.05, 0) is 17.5 Å². The highest BCUT2D eigenvalue weighted by Crippen LogP contribution is 2.24. The monoisotopic (exact) mass is 382 g/mol. The van der Waals surface area contributed by atoms with Crippen LogP contribution in [0.15, 0.2) is 54.6 Å². The van der Waals surface area contributed by atoms with Crippen LogP contribution in [-0.2, 0) is 11.2 Å². The molecule has 0 saturated carbocycles. The average Bonchev–Trinajstić information content (AvgIpc) is 2.74.